The Bertz CT molecular complexity index is 499. The predicted molar refractivity (Wildman–Crippen MR) is 75.4 cm³/mol. The summed E-state index contributed by atoms with van der Waals surface area (Å²) in [5, 5.41) is 3.26. The number of aromatic nitrogens is 1. The third-order valence-corrected chi connectivity index (χ3v) is 3.02. The van der Waals surface area contributed by atoms with E-state index in [4.69, 9.17) is 13.9 Å². The van der Waals surface area contributed by atoms with E-state index in [0.29, 0.717) is 13.2 Å². The second kappa shape index (κ2) is 7.79. The van der Waals surface area contributed by atoms with E-state index in [1.54, 1.807) is 14.2 Å². The van der Waals surface area contributed by atoms with Crippen LogP contribution in [0.4, 0.5) is 0 Å². The standard InChI is InChI=1S/C15H20N2O3/c1-18-9-8-16-10-13-15(20-11-17-13)14(19-2)12-6-4-3-5-7-12/h3-7,11,14,16H,8-10H2,1-2H3. The van der Waals surface area contributed by atoms with Gasteiger partial charge in [0, 0.05) is 27.3 Å². The van der Waals surface area contributed by atoms with Gasteiger partial charge in [-0.25, -0.2) is 4.98 Å². The van der Waals surface area contributed by atoms with Crippen LogP contribution >= 0.6 is 0 Å². The molecule has 0 spiro atoms. The van der Waals surface area contributed by atoms with Crippen molar-refractivity contribution in [2.45, 2.75) is 12.6 Å². The number of nitrogens with one attached hydrogen (secondary N) is 1. The van der Waals surface area contributed by atoms with E-state index in [-0.39, 0.29) is 6.10 Å². The molecule has 1 atom stereocenters. The monoisotopic (exact) mass is 276 g/mol. The Labute approximate surface area is 118 Å². The molecule has 0 radical (unpaired) electrons. The highest BCUT2D eigenvalue weighted by molar-refractivity contribution is 5.26. The molecule has 2 aromatic rings. The van der Waals surface area contributed by atoms with Gasteiger partial charge >= 0.3 is 0 Å². The molecule has 0 saturated heterocycles. The summed E-state index contributed by atoms with van der Waals surface area (Å²) >= 11 is 0. The van der Waals surface area contributed by atoms with Gasteiger partial charge < -0.3 is 19.2 Å². The van der Waals surface area contributed by atoms with Gasteiger partial charge in [0.05, 0.1) is 12.3 Å². The highest BCUT2D eigenvalue weighted by Crippen LogP contribution is 2.27. The van der Waals surface area contributed by atoms with Crippen LogP contribution in [0.1, 0.15) is 23.1 Å². The number of ether oxygens (including phenoxy) is 2. The number of oxazole rings is 1. The van der Waals surface area contributed by atoms with Crippen molar-refractivity contribution in [2.24, 2.45) is 0 Å². The van der Waals surface area contributed by atoms with Crippen LogP contribution in [0.2, 0.25) is 0 Å². The molecule has 1 heterocycles. The van der Waals surface area contributed by atoms with Crippen LogP contribution < -0.4 is 5.32 Å². The largest absolute Gasteiger partial charge is 0.445 e. The molecule has 0 aliphatic heterocycles. The molecule has 108 valence electrons. The maximum atomic E-state index is 5.56. The molecule has 0 fully saturated rings. The fraction of sp³-hybridized carbons (Fsp3) is 0.400. The molecule has 0 aliphatic rings. The third-order valence-electron chi connectivity index (χ3n) is 3.02. The minimum atomic E-state index is -0.238. The van der Waals surface area contributed by atoms with Crippen LogP contribution in [-0.4, -0.2) is 32.4 Å². The van der Waals surface area contributed by atoms with Crippen LogP contribution in [0.15, 0.2) is 41.1 Å². The molecule has 1 unspecified atom stereocenters. The van der Waals surface area contributed by atoms with Gasteiger partial charge in [0.15, 0.2) is 12.2 Å². The maximum absolute atomic E-state index is 5.56. The second-order valence-electron chi connectivity index (χ2n) is 4.36. The molecule has 0 saturated carbocycles. The number of nitrogens with zero attached hydrogens (tertiary/aromatic N) is 1. The molecule has 1 aromatic heterocycles. The molecule has 5 heteroatoms. The Morgan fingerprint density at radius 1 is 1.25 bits per heavy atom. The molecular weight excluding hydrogens is 256 g/mol. The van der Waals surface area contributed by atoms with Crippen molar-refractivity contribution < 1.29 is 13.9 Å². The highest BCUT2D eigenvalue weighted by Gasteiger charge is 2.21. The number of rotatable bonds is 8. The molecule has 0 bridgehead atoms. The maximum Gasteiger partial charge on any atom is 0.181 e. The summed E-state index contributed by atoms with van der Waals surface area (Å²) in [5.74, 6) is 0.739. The fourth-order valence-corrected chi connectivity index (χ4v) is 2.03. The zero-order valence-corrected chi connectivity index (χ0v) is 11.8. The normalized spacial score (nSPS) is 12.5. The van der Waals surface area contributed by atoms with Crippen molar-refractivity contribution in [3.63, 3.8) is 0 Å². The number of hydrogen-bond donors (Lipinski definition) is 1. The van der Waals surface area contributed by atoms with Crippen LogP contribution in [0.5, 0.6) is 0 Å². The molecular formula is C15H20N2O3. The lowest BCUT2D eigenvalue weighted by Gasteiger charge is -2.14. The van der Waals surface area contributed by atoms with Crippen molar-refractivity contribution >= 4 is 0 Å². The predicted octanol–water partition coefficient (Wildman–Crippen LogP) is 2.15. The molecule has 2 rings (SSSR count). The van der Waals surface area contributed by atoms with Crippen molar-refractivity contribution in [2.75, 3.05) is 27.4 Å². The number of benzene rings is 1. The van der Waals surface area contributed by atoms with E-state index in [1.807, 2.05) is 30.3 Å². The van der Waals surface area contributed by atoms with Crippen LogP contribution in [0, 0.1) is 0 Å². The van der Waals surface area contributed by atoms with Crippen molar-refractivity contribution in [3.8, 4) is 0 Å². The third kappa shape index (κ3) is 3.66. The minimum Gasteiger partial charge on any atom is -0.445 e. The molecule has 0 aliphatic carbocycles. The van der Waals surface area contributed by atoms with Crippen LogP contribution in [0.25, 0.3) is 0 Å². The lowest BCUT2D eigenvalue weighted by atomic mass is 10.1. The first-order chi connectivity index (χ1) is 9.86. The van der Waals surface area contributed by atoms with E-state index < -0.39 is 0 Å². The molecule has 0 amide bonds. The smallest absolute Gasteiger partial charge is 0.181 e. The fourth-order valence-electron chi connectivity index (χ4n) is 2.03. The van der Waals surface area contributed by atoms with Gasteiger partial charge in [0.25, 0.3) is 0 Å². The Kier molecular flexibility index (Phi) is 5.73. The summed E-state index contributed by atoms with van der Waals surface area (Å²) in [6, 6.07) is 9.96. The highest BCUT2D eigenvalue weighted by atomic mass is 16.5. The van der Waals surface area contributed by atoms with Gasteiger partial charge in [-0.15, -0.1) is 0 Å². The minimum absolute atomic E-state index is 0.238. The zero-order chi connectivity index (χ0) is 14.2. The Morgan fingerprint density at radius 2 is 2.05 bits per heavy atom. The zero-order valence-electron chi connectivity index (χ0n) is 11.8. The van der Waals surface area contributed by atoms with Gasteiger partial charge in [0.2, 0.25) is 0 Å². The number of methoxy groups -OCH3 is 2. The number of hydrogen-bond acceptors (Lipinski definition) is 5. The van der Waals surface area contributed by atoms with Crippen molar-refractivity contribution in [3.05, 3.63) is 53.7 Å². The van der Waals surface area contributed by atoms with Crippen molar-refractivity contribution in [1.29, 1.82) is 0 Å². The average Bonchev–Trinajstić information content (AvgIpc) is 2.94. The summed E-state index contributed by atoms with van der Waals surface area (Å²) in [5.41, 5.74) is 1.90. The lowest BCUT2D eigenvalue weighted by Crippen LogP contribution is -2.20. The van der Waals surface area contributed by atoms with E-state index in [1.165, 1.54) is 6.39 Å². The summed E-state index contributed by atoms with van der Waals surface area (Å²) in [6.45, 7) is 2.06. The first-order valence-corrected chi connectivity index (χ1v) is 6.56. The average molecular weight is 276 g/mol. The van der Waals surface area contributed by atoms with Crippen LogP contribution in [0.3, 0.4) is 0 Å². The molecule has 1 N–H and O–H groups in total. The first kappa shape index (κ1) is 14.7. The first-order valence-electron chi connectivity index (χ1n) is 6.56. The van der Waals surface area contributed by atoms with Crippen LogP contribution in [-0.2, 0) is 16.0 Å². The Balaban J connectivity index is 2.09. The van der Waals surface area contributed by atoms with Gasteiger partial charge in [-0.2, -0.15) is 0 Å². The van der Waals surface area contributed by atoms with E-state index >= 15 is 0 Å². The summed E-state index contributed by atoms with van der Waals surface area (Å²) < 4.78 is 16.1. The topological polar surface area (TPSA) is 56.5 Å². The lowest BCUT2D eigenvalue weighted by molar-refractivity contribution is 0.115. The van der Waals surface area contributed by atoms with E-state index in [9.17, 15) is 0 Å². The Hall–Kier alpha value is -1.69. The molecule has 5 nitrogen and oxygen atoms in total. The summed E-state index contributed by atoms with van der Waals surface area (Å²) in [4.78, 5) is 4.26. The molecule has 1 aromatic carbocycles. The van der Waals surface area contributed by atoms with Crippen molar-refractivity contribution in [1.82, 2.24) is 10.3 Å². The van der Waals surface area contributed by atoms with E-state index in [0.717, 1.165) is 23.6 Å². The quantitative estimate of drug-likeness (QED) is 0.749. The summed E-state index contributed by atoms with van der Waals surface area (Å²) in [6.07, 6.45) is 1.22. The van der Waals surface area contributed by atoms with Gasteiger partial charge in [-0.05, 0) is 5.56 Å². The summed E-state index contributed by atoms with van der Waals surface area (Å²) in [7, 11) is 3.35. The second-order valence-corrected chi connectivity index (χ2v) is 4.36. The van der Waals surface area contributed by atoms with Gasteiger partial charge in [0.1, 0.15) is 6.10 Å². The SMILES string of the molecule is COCCNCc1ncoc1C(OC)c1ccccc1. The molecule has 20 heavy (non-hydrogen) atoms. The van der Waals surface area contributed by atoms with E-state index in [2.05, 4.69) is 10.3 Å². The van der Waals surface area contributed by atoms with Gasteiger partial charge in [-0.1, -0.05) is 30.3 Å². The van der Waals surface area contributed by atoms with Gasteiger partial charge in [-0.3, -0.25) is 0 Å². The Morgan fingerprint density at radius 3 is 2.75 bits per heavy atom.